The Balaban J connectivity index is 2.29. The second-order valence-electron chi connectivity index (χ2n) is 2.75. The minimum Gasteiger partial charge on any atom is -0.450 e. The molecule has 0 aromatic rings. The summed E-state index contributed by atoms with van der Waals surface area (Å²) in [6.07, 6.45) is -0.496. The summed E-state index contributed by atoms with van der Waals surface area (Å²) in [4.78, 5) is 12.9. The van der Waals surface area contributed by atoms with Crippen LogP contribution in [0.3, 0.4) is 0 Å². The second kappa shape index (κ2) is 5.77. The van der Waals surface area contributed by atoms with Crippen molar-refractivity contribution in [2.45, 2.75) is 6.92 Å². The number of amides is 1. The Bertz CT molecular complexity index is 217. The highest BCUT2D eigenvalue weighted by Gasteiger charge is 2.15. The lowest BCUT2D eigenvalue weighted by atomic mass is 10.4. The second-order valence-corrected chi connectivity index (χ2v) is 3.14. The van der Waals surface area contributed by atoms with Crippen molar-refractivity contribution in [1.82, 2.24) is 10.2 Å². The zero-order chi connectivity index (χ0) is 10.4. The molecule has 1 heterocycles. The molecule has 5 nitrogen and oxygen atoms in total. The van der Waals surface area contributed by atoms with Gasteiger partial charge in [-0.1, -0.05) is 0 Å². The third-order valence-corrected chi connectivity index (χ3v) is 2.14. The maximum absolute atomic E-state index is 11.0. The van der Waals surface area contributed by atoms with Gasteiger partial charge in [-0.2, -0.15) is 0 Å². The molecular formula is C8H14N2O3S. The fourth-order valence-corrected chi connectivity index (χ4v) is 1.37. The number of hydrogen-bond acceptors (Lipinski definition) is 4. The number of hydrogen-bond donors (Lipinski definition) is 1. The fourth-order valence-electron chi connectivity index (χ4n) is 1.10. The summed E-state index contributed by atoms with van der Waals surface area (Å²) < 4.78 is 9.86. The normalized spacial score (nSPS) is 16.2. The Kier molecular flexibility index (Phi) is 4.61. The van der Waals surface area contributed by atoms with E-state index in [2.05, 4.69) is 5.32 Å². The van der Waals surface area contributed by atoms with Crippen molar-refractivity contribution in [2.75, 3.05) is 32.9 Å². The number of carbonyl (C=O) groups is 1. The van der Waals surface area contributed by atoms with Gasteiger partial charge in [-0.25, -0.2) is 4.79 Å². The fraction of sp³-hybridized carbons (Fsp3) is 0.750. The zero-order valence-corrected chi connectivity index (χ0v) is 8.93. The number of thiocarbonyl (C=S) groups is 1. The van der Waals surface area contributed by atoms with Gasteiger partial charge in [0.2, 0.25) is 0 Å². The van der Waals surface area contributed by atoms with Gasteiger partial charge in [0.05, 0.1) is 19.8 Å². The first-order valence-corrected chi connectivity index (χ1v) is 4.95. The molecule has 1 rings (SSSR count). The molecule has 0 aromatic heterocycles. The Morgan fingerprint density at radius 2 is 2.21 bits per heavy atom. The minimum absolute atomic E-state index is 0.345. The lowest BCUT2D eigenvalue weighted by Gasteiger charge is -2.28. The van der Waals surface area contributed by atoms with E-state index >= 15 is 0 Å². The van der Waals surface area contributed by atoms with Gasteiger partial charge in [0.25, 0.3) is 0 Å². The van der Waals surface area contributed by atoms with Crippen molar-refractivity contribution in [3.8, 4) is 0 Å². The molecule has 0 aliphatic carbocycles. The molecule has 1 fully saturated rings. The van der Waals surface area contributed by atoms with Gasteiger partial charge >= 0.3 is 6.09 Å². The summed E-state index contributed by atoms with van der Waals surface area (Å²) >= 11 is 5.02. The van der Waals surface area contributed by atoms with Crippen LogP contribution in [0.1, 0.15) is 6.92 Å². The highest BCUT2D eigenvalue weighted by atomic mass is 32.1. The first kappa shape index (κ1) is 11.2. The average Bonchev–Trinajstić information content (AvgIpc) is 2.19. The molecule has 0 atom stereocenters. The molecule has 0 radical (unpaired) electrons. The van der Waals surface area contributed by atoms with Crippen molar-refractivity contribution >= 4 is 23.4 Å². The van der Waals surface area contributed by atoms with E-state index in [1.165, 1.54) is 0 Å². The van der Waals surface area contributed by atoms with Crippen LogP contribution in [0.25, 0.3) is 0 Å². The molecule has 1 N–H and O–H groups in total. The largest absolute Gasteiger partial charge is 0.450 e. The molecule has 0 unspecified atom stereocenters. The number of carbonyl (C=O) groups excluding carboxylic acids is 1. The topological polar surface area (TPSA) is 50.8 Å². The van der Waals surface area contributed by atoms with Gasteiger partial charge in [0.1, 0.15) is 0 Å². The molecule has 0 spiro atoms. The molecule has 6 heteroatoms. The summed E-state index contributed by atoms with van der Waals surface area (Å²) in [6.45, 7) is 4.81. The SMILES string of the molecule is CCOC(=O)NC(=S)N1CCOCC1. The molecule has 14 heavy (non-hydrogen) atoms. The third-order valence-electron chi connectivity index (χ3n) is 1.78. The lowest BCUT2D eigenvalue weighted by molar-refractivity contribution is 0.0673. The monoisotopic (exact) mass is 218 g/mol. The van der Waals surface area contributed by atoms with Crippen LogP contribution in [0.5, 0.6) is 0 Å². The number of nitrogens with one attached hydrogen (secondary N) is 1. The van der Waals surface area contributed by atoms with Gasteiger partial charge in [-0.15, -0.1) is 0 Å². The molecule has 1 aliphatic heterocycles. The van der Waals surface area contributed by atoms with Crippen molar-refractivity contribution in [2.24, 2.45) is 0 Å². The van der Waals surface area contributed by atoms with E-state index in [9.17, 15) is 4.79 Å². The van der Waals surface area contributed by atoms with Gasteiger partial charge in [-0.3, -0.25) is 5.32 Å². The number of ether oxygens (including phenoxy) is 2. The molecule has 1 aliphatic rings. The highest BCUT2D eigenvalue weighted by Crippen LogP contribution is 1.97. The number of rotatable bonds is 1. The summed E-state index contributed by atoms with van der Waals surface area (Å²) in [5.74, 6) is 0. The minimum atomic E-state index is -0.496. The number of morpholine rings is 1. The Labute approximate surface area is 88.3 Å². The first-order valence-electron chi connectivity index (χ1n) is 4.54. The van der Waals surface area contributed by atoms with E-state index in [0.29, 0.717) is 38.0 Å². The van der Waals surface area contributed by atoms with Gasteiger partial charge in [-0.05, 0) is 19.1 Å². The standard InChI is InChI=1S/C8H14N2O3S/c1-2-13-8(11)9-7(14)10-3-5-12-6-4-10/h2-6H2,1H3,(H,9,11,14). The summed E-state index contributed by atoms with van der Waals surface area (Å²) in [6, 6.07) is 0. The van der Waals surface area contributed by atoms with Gasteiger partial charge in [0, 0.05) is 13.1 Å². The van der Waals surface area contributed by atoms with E-state index in [0.717, 1.165) is 0 Å². The molecule has 80 valence electrons. The van der Waals surface area contributed by atoms with Crippen LogP contribution in [0.2, 0.25) is 0 Å². The molecule has 0 bridgehead atoms. The van der Waals surface area contributed by atoms with E-state index in [1.807, 2.05) is 4.90 Å². The number of nitrogens with zero attached hydrogens (tertiary/aromatic N) is 1. The predicted octanol–water partition coefficient (Wildman–Crippen LogP) is 0.350. The average molecular weight is 218 g/mol. The van der Waals surface area contributed by atoms with Crippen molar-refractivity contribution in [3.63, 3.8) is 0 Å². The third kappa shape index (κ3) is 3.47. The predicted molar refractivity (Wildman–Crippen MR) is 55.1 cm³/mol. The van der Waals surface area contributed by atoms with Crippen LogP contribution in [-0.4, -0.2) is 49.0 Å². The van der Waals surface area contributed by atoms with Crippen LogP contribution in [0.4, 0.5) is 4.79 Å². The van der Waals surface area contributed by atoms with Crippen LogP contribution < -0.4 is 5.32 Å². The van der Waals surface area contributed by atoms with E-state index in [-0.39, 0.29) is 0 Å². The summed E-state index contributed by atoms with van der Waals surface area (Å²) in [5.41, 5.74) is 0. The van der Waals surface area contributed by atoms with Crippen molar-refractivity contribution in [1.29, 1.82) is 0 Å². The Morgan fingerprint density at radius 3 is 2.79 bits per heavy atom. The summed E-state index contributed by atoms with van der Waals surface area (Å²) in [5, 5.41) is 2.90. The van der Waals surface area contributed by atoms with E-state index in [4.69, 9.17) is 21.7 Å². The zero-order valence-electron chi connectivity index (χ0n) is 8.12. The van der Waals surface area contributed by atoms with E-state index < -0.39 is 6.09 Å². The highest BCUT2D eigenvalue weighted by molar-refractivity contribution is 7.80. The smallest absolute Gasteiger partial charge is 0.413 e. The van der Waals surface area contributed by atoms with E-state index in [1.54, 1.807) is 6.92 Å². The van der Waals surface area contributed by atoms with Gasteiger partial charge in [0.15, 0.2) is 5.11 Å². The molecular weight excluding hydrogens is 204 g/mol. The van der Waals surface area contributed by atoms with Crippen LogP contribution in [0.15, 0.2) is 0 Å². The Morgan fingerprint density at radius 1 is 1.57 bits per heavy atom. The molecule has 1 saturated heterocycles. The maximum atomic E-state index is 11.0. The first-order chi connectivity index (χ1) is 6.74. The maximum Gasteiger partial charge on any atom is 0.413 e. The summed E-state index contributed by atoms with van der Waals surface area (Å²) in [7, 11) is 0. The van der Waals surface area contributed by atoms with Crippen LogP contribution in [0, 0.1) is 0 Å². The molecule has 0 aromatic carbocycles. The quantitative estimate of drug-likeness (QED) is 0.644. The van der Waals surface area contributed by atoms with Crippen molar-refractivity contribution in [3.05, 3.63) is 0 Å². The van der Waals surface area contributed by atoms with Gasteiger partial charge < -0.3 is 14.4 Å². The lowest BCUT2D eigenvalue weighted by Crippen LogP contribution is -2.47. The molecule has 0 saturated carbocycles. The molecule has 1 amide bonds. The number of alkyl carbamates (subject to hydrolysis) is 1. The van der Waals surface area contributed by atoms with Crippen molar-refractivity contribution < 1.29 is 14.3 Å². The van der Waals surface area contributed by atoms with Crippen LogP contribution >= 0.6 is 12.2 Å². The Hall–Kier alpha value is -0.880. The van der Waals surface area contributed by atoms with Crippen LogP contribution in [-0.2, 0) is 9.47 Å².